The number of allylic oxidation sites excluding steroid dienone is 1. The highest BCUT2D eigenvalue weighted by Gasteiger charge is 2.05. The topological polar surface area (TPSA) is 26.3 Å². The van der Waals surface area contributed by atoms with Crippen molar-refractivity contribution in [3.63, 3.8) is 0 Å². The number of carbonyl (C=O) groups is 1. The van der Waals surface area contributed by atoms with Crippen molar-refractivity contribution < 1.29 is 9.53 Å². The molecule has 0 amide bonds. The van der Waals surface area contributed by atoms with Gasteiger partial charge >= 0.3 is 0 Å². The van der Waals surface area contributed by atoms with Crippen LogP contribution >= 0.6 is 15.9 Å². The van der Waals surface area contributed by atoms with Gasteiger partial charge in [0, 0.05) is 5.56 Å². The zero-order valence-electron chi connectivity index (χ0n) is 8.63. The molecule has 0 spiro atoms. The average Bonchev–Trinajstić information content (AvgIpc) is 2.26. The van der Waals surface area contributed by atoms with Crippen LogP contribution in [0.4, 0.5) is 0 Å². The molecule has 1 rings (SSSR count). The molecular weight excluding hydrogens is 256 g/mol. The number of benzene rings is 1. The second kappa shape index (κ2) is 5.71. The summed E-state index contributed by atoms with van der Waals surface area (Å²) in [6.07, 6.45) is 2.26. The highest BCUT2D eigenvalue weighted by molar-refractivity contribution is 9.10. The first kappa shape index (κ1) is 12.0. The fraction of sp³-hybridized carbons (Fsp3) is 0.250. The molecule has 0 atom stereocenters. The summed E-state index contributed by atoms with van der Waals surface area (Å²) >= 11 is 3.36. The largest absolute Gasteiger partial charge is 0.492 e. The Morgan fingerprint density at radius 3 is 2.87 bits per heavy atom. The molecular formula is C12H13BrO2. The highest BCUT2D eigenvalue weighted by atomic mass is 79.9. The zero-order valence-corrected chi connectivity index (χ0v) is 10.2. The lowest BCUT2D eigenvalue weighted by atomic mass is 10.1. The smallest absolute Gasteiger partial charge is 0.185 e. The first-order valence-electron chi connectivity index (χ1n) is 4.78. The first-order chi connectivity index (χ1) is 7.19. The van der Waals surface area contributed by atoms with Crippen LogP contribution in [-0.2, 0) is 0 Å². The second-order valence-electron chi connectivity index (χ2n) is 3.06. The molecule has 2 nitrogen and oxygen atoms in total. The lowest BCUT2D eigenvalue weighted by Crippen LogP contribution is -1.98. The second-order valence-corrected chi connectivity index (χ2v) is 3.92. The SMILES string of the molecule is C=CC(=O)c1ccc(OCCC)c(Br)c1. The Labute approximate surface area is 98.1 Å². The third-order valence-electron chi connectivity index (χ3n) is 1.86. The minimum Gasteiger partial charge on any atom is -0.492 e. The van der Waals surface area contributed by atoms with Gasteiger partial charge in [0.1, 0.15) is 5.75 Å². The zero-order chi connectivity index (χ0) is 11.3. The van der Waals surface area contributed by atoms with Gasteiger partial charge in [0.15, 0.2) is 5.78 Å². The van der Waals surface area contributed by atoms with E-state index in [0.717, 1.165) is 16.6 Å². The van der Waals surface area contributed by atoms with E-state index in [9.17, 15) is 4.79 Å². The van der Waals surface area contributed by atoms with Gasteiger partial charge in [-0.2, -0.15) is 0 Å². The van der Waals surface area contributed by atoms with Crippen LogP contribution in [0.15, 0.2) is 35.3 Å². The van der Waals surface area contributed by atoms with Crippen molar-refractivity contribution >= 4 is 21.7 Å². The van der Waals surface area contributed by atoms with Gasteiger partial charge in [-0.1, -0.05) is 13.5 Å². The number of rotatable bonds is 5. The molecule has 0 saturated carbocycles. The fourth-order valence-corrected chi connectivity index (χ4v) is 1.59. The van der Waals surface area contributed by atoms with Crippen molar-refractivity contribution in [3.05, 3.63) is 40.9 Å². The van der Waals surface area contributed by atoms with Gasteiger partial charge in [-0.25, -0.2) is 0 Å². The van der Waals surface area contributed by atoms with E-state index < -0.39 is 0 Å². The first-order valence-corrected chi connectivity index (χ1v) is 5.57. The lowest BCUT2D eigenvalue weighted by molar-refractivity contribution is 0.104. The van der Waals surface area contributed by atoms with Crippen LogP contribution in [0.25, 0.3) is 0 Å². The monoisotopic (exact) mass is 268 g/mol. The number of ketones is 1. The molecule has 80 valence electrons. The van der Waals surface area contributed by atoms with Crippen molar-refractivity contribution in [1.82, 2.24) is 0 Å². The summed E-state index contributed by atoms with van der Waals surface area (Å²) in [5, 5.41) is 0. The fourth-order valence-electron chi connectivity index (χ4n) is 1.10. The highest BCUT2D eigenvalue weighted by Crippen LogP contribution is 2.26. The summed E-state index contributed by atoms with van der Waals surface area (Å²) < 4.78 is 6.27. The maximum absolute atomic E-state index is 11.3. The van der Waals surface area contributed by atoms with Gasteiger partial charge in [0.05, 0.1) is 11.1 Å². The molecule has 0 aliphatic rings. The van der Waals surface area contributed by atoms with E-state index >= 15 is 0 Å². The molecule has 0 aromatic heterocycles. The lowest BCUT2D eigenvalue weighted by Gasteiger charge is -2.07. The minimum atomic E-state index is -0.0854. The van der Waals surface area contributed by atoms with E-state index in [1.54, 1.807) is 18.2 Å². The van der Waals surface area contributed by atoms with E-state index in [-0.39, 0.29) is 5.78 Å². The molecule has 0 N–H and O–H groups in total. The van der Waals surface area contributed by atoms with Crippen LogP contribution in [0.5, 0.6) is 5.75 Å². The molecule has 0 heterocycles. The van der Waals surface area contributed by atoms with Gasteiger partial charge in [0.2, 0.25) is 0 Å². The number of hydrogen-bond acceptors (Lipinski definition) is 2. The Balaban J connectivity index is 2.87. The molecule has 0 fully saturated rings. The van der Waals surface area contributed by atoms with Crippen LogP contribution in [0.3, 0.4) is 0 Å². The van der Waals surface area contributed by atoms with E-state index in [1.165, 1.54) is 6.08 Å². The van der Waals surface area contributed by atoms with Gasteiger partial charge in [-0.3, -0.25) is 4.79 Å². The molecule has 0 aliphatic heterocycles. The summed E-state index contributed by atoms with van der Waals surface area (Å²) in [5.74, 6) is 0.676. The molecule has 1 aromatic rings. The molecule has 0 bridgehead atoms. The Morgan fingerprint density at radius 2 is 2.33 bits per heavy atom. The van der Waals surface area contributed by atoms with Crippen molar-refractivity contribution in [2.24, 2.45) is 0 Å². The molecule has 0 aliphatic carbocycles. The van der Waals surface area contributed by atoms with Gasteiger partial charge in [0.25, 0.3) is 0 Å². The van der Waals surface area contributed by atoms with Crippen LogP contribution in [0, 0.1) is 0 Å². The van der Waals surface area contributed by atoms with Crippen LogP contribution in [0.2, 0.25) is 0 Å². The van der Waals surface area contributed by atoms with Crippen LogP contribution in [0.1, 0.15) is 23.7 Å². The summed E-state index contributed by atoms with van der Waals surface area (Å²) in [5.41, 5.74) is 0.612. The Bertz CT molecular complexity index is 372. The molecule has 0 unspecified atom stereocenters. The van der Waals surface area contributed by atoms with Crippen molar-refractivity contribution in [2.45, 2.75) is 13.3 Å². The van der Waals surface area contributed by atoms with Crippen LogP contribution in [-0.4, -0.2) is 12.4 Å². The third-order valence-corrected chi connectivity index (χ3v) is 2.48. The minimum absolute atomic E-state index is 0.0854. The standard InChI is InChI=1S/C12H13BrO2/c1-3-7-15-12-6-5-9(8-10(12)13)11(14)4-2/h4-6,8H,2-3,7H2,1H3. The number of ether oxygens (including phenoxy) is 1. The molecule has 0 saturated heterocycles. The molecule has 1 aromatic carbocycles. The summed E-state index contributed by atoms with van der Waals surface area (Å²) in [4.78, 5) is 11.3. The number of carbonyl (C=O) groups excluding carboxylic acids is 1. The van der Waals surface area contributed by atoms with Gasteiger partial charge < -0.3 is 4.74 Å². The van der Waals surface area contributed by atoms with Gasteiger partial charge in [-0.05, 0) is 46.6 Å². The van der Waals surface area contributed by atoms with E-state index in [2.05, 4.69) is 22.5 Å². The van der Waals surface area contributed by atoms with E-state index in [1.807, 2.05) is 6.92 Å². The predicted molar refractivity (Wildman–Crippen MR) is 64.5 cm³/mol. The van der Waals surface area contributed by atoms with Crippen molar-refractivity contribution in [2.75, 3.05) is 6.61 Å². The average molecular weight is 269 g/mol. The molecule has 0 radical (unpaired) electrons. The maximum atomic E-state index is 11.3. The normalized spacial score (nSPS) is 9.73. The van der Waals surface area contributed by atoms with Crippen molar-refractivity contribution in [1.29, 1.82) is 0 Å². The van der Waals surface area contributed by atoms with Gasteiger partial charge in [-0.15, -0.1) is 0 Å². The molecule has 15 heavy (non-hydrogen) atoms. The Morgan fingerprint density at radius 1 is 1.60 bits per heavy atom. The van der Waals surface area contributed by atoms with Crippen molar-refractivity contribution in [3.8, 4) is 5.75 Å². The van der Waals surface area contributed by atoms with E-state index in [4.69, 9.17) is 4.74 Å². The Hall–Kier alpha value is -1.09. The molecule has 3 heteroatoms. The van der Waals surface area contributed by atoms with Crippen LogP contribution < -0.4 is 4.74 Å². The predicted octanol–water partition coefficient (Wildman–Crippen LogP) is 3.61. The third kappa shape index (κ3) is 3.20. The number of hydrogen-bond donors (Lipinski definition) is 0. The quantitative estimate of drug-likeness (QED) is 0.603. The summed E-state index contributed by atoms with van der Waals surface area (Å²) in [7, 11) is 0. The maximum Gasteiger partial charge on any atom is 0.185 e. The summed E-state index contributed by atoms with van der Waals surface area (Å²) in [6.45, 7) is 6.16. The Kier molecular flexibility index (Phi) is 4.56. The summed E-state index contributed by atoms with van der Waals surface area (Å²) in [6, 6.07) is 5.27. The van der Waals surface area contributed by atoms with E-state index in [0.29, 0.717) is 12.2 Å². The number of halogens is 1.